The Hall–Kier alpha value is -2.80. The van der Waals surface area contributed by atoms with Crippen molar-refractivity contribution in [3.8, 4) is 11.5 Å². The predicted octanol–water partition coefficient (Wildman–Crippen LogP) is 4.57. The molecule has 0 saturated heterocycles. The number of nitro benzene ring substituents is 1. The van der Waals surface area contributed by atoms with E-state index >= 15 is 0 Å². The molecule has 138 valence electrons. The van der Waals surface area contributed by atoms with Crippen molar-refractivity contribution in [1.82, 2.24) is 0 Å². The van der Waals surface area contributed by atoms with E-state index in [0.717, 1.165) is 0 Å². The number of halogens is 1. The predicted molar refractivity (Wildman–Crippen MR) is 96.1 cm³/mol. The first-order valence-corrected chi connectivity index (χ1v) is 8.20. The van der Waals surface area contributed by atoms with E-state index in [1.165, 1.54) is 37.4 Å². The number of nitrogens with zero attached hydrogens (tertiary/aromatic N) is 1. The first kappa shape index (κ1) is 19.5. The lowest BCUT2D eigenvalue weighted by Gasteiger charge is -2.16. The highest BCUT2D eigenvalue weighted by molar-refractivity contribution is 6.32. The number of rotatable bonds is 7. The molecule has 0 fully saturated rings. The third-order valence-electron chi connectivity index (χ3n) is 3.59. The Morgan fingerprint density at radius 2 is 2.04 bits per heavy atom. The molecule has 2 aromatic carbocycles. The fourth-order valence-corrected chi connectivity index (χ4v) is 2.58. The molecule has 0 spiro atoms. The zero-order valence-corrected chi connectivity index (χ0v) is 15.3. The minimum atomic E-state index is -0.682. The number of carbonyl (C=O) groups is 1. The number of benzene rings is 2. The Morgan fingerprint density at radius 3 is 2.65 bits per heavy atom. The molecule has 0 radical (unpaired) electrons. The van der Waals surface area contributed by atoms with Crippen molar-refractivity contribution in [3.63, 3.8) is 0 Å². The lowest BCUT2D eigenvalue weighted by atomic mass is 10.1. The van der Waals surface area contributed by atoms with Crippen LogP contribution < -0.4 is 9.47 Å². The Morgan fingerprint density at radius 1 is 1.31 bits per heavy atom. The maximum absolute atomic E-state index is 12.4. The van der Waals surface area contributed by atoms with Crippen molar-refractivity contribution in [1.29, 1.82) is 0 Å². The fraction of sp³-hybridized carbons (Fsp3) is 0.278. The van der Waals surface area contributed by atoms with Crippen LogP contribution in [0.3, 0.4) is 0 Å². The molecule has 0 N–H and O–H groups in total. The van der Waals surface area contributed by atoms with E-state index in [0.29, 0.717) is 23.7 Å². The third kappa shape index (κ3) is 4.43. The van der Waals surface area contributed by atoms with Crippen molar-refractivity contribution in [2.75, 3.05) is 13.7 Å². The van der Waals surface area contributed by atoms with E-state index < -0.39 is 17.0 Å². The first-order chi connectivity index (χ1) is 12.4. The van der Waals surface area contributed by atoms with Gasteiger partial charge >= 0.3 is 5.97 Å². The molecule has 0 aliphatic heterocycles. The summed E-state index contributed by atoms with van der Waals surface area (Å²) in [5.74, 6) is 0.0292. The summed E-state index contributed by atoms with van der Waals surface area (Å²) in [6.07, 6.45) is -0.682. The largest absolute Gasteiger partial charge is 0.493 e. The normalized spacial score (nSPS) is 11.5. The quantitative estimate of drug-likeness (QED) is 0.397. The highest BCUT2D eigenvalue weighted by Crippen LogP contribution is 2.37. The van der Waals surface area contributed by atoms with Gasteiger partial charge in [0.15, 0.2) is 11.5 Å². The molecule has 26 heavy (non-hydrogen) atoms. The molecule has 7 nitrogen and oxygen atoms in total. The fourth-order valence-electron chi connectivity index (χ4n) is 2.31. The molecule has 1 atom stereocenters. The van der Waals surface area contributed by atoms with E-state index in [-0.39, 0.29) is 16.3 Å². The van der Waals surface area contributed by atoms with Crippen molar-refractivity contribution in [2.45, 2.75) is 20.0 Å². The van der Waals surface area contributed by atoms with E-state index in [4.69, 9.17) is 25.8 Å². The number of nitro groups is 1. The summed E-state index contributed by atoms with van der Waals surface area (Å²) < 4.78 is 16.0. The van der Waals surface area contributed by atoms with E-state index in [1.807, 2.05) is 0 Å². The lowest BCUT2D eigenvalue weighted by Crippen LogP contribution is -2.10. The van der Waals surface area contributed by atoms with Gasteiger partial charge in [0.25, 0.3) is 5.69 Å². The maximum Gasteiger partial charge on any atom is 0.338 e. The summed E-state index contributed by atoms with van der Waals surface area (Å²) in [6.45, 7) is 3.83. The molecule has 0 bridgehead atoms. The van der Waals surface area contributed by atoms with Crippen molar-refractivity contribution in [2.24, 2.45) is 0 Å². The molecule has 0 unspecified atom stereocenters. The van der Waals surface area contributed by atoms with Gasteiger partial charge in [-0.15, -0.1) is 0 Å². The van der Waals surface area contributed by atoms with Crippen LogP contribution in [-0.4, -0.2) is 24.6 Å². The molecule has 2 rings (SSSR count). The zero-order chi connectivity index (χ0) is 19.3. The van der Waals surface area contributed by atoms with Crippen LogP contribution >= 0.6 is 11.6 Å². The number of ether oxygens (including phenoxy) is 3. The van der Waals surface area contributed by atoms with Gasteiger partial charge in [0.05, 0.1) is 29.2 Å². The second-order valence-corrected chi connectivity index (χ2v) is 5.73. The minimum absolute atomic E-state index is 0.0730. The first-order valence-electron chi connectivity index (χ1n) is 7.83. The maximum atomic E-state index is 12.4. The average molecular weight is 380 g/mol. The van der Waals surface area contributed by atoms with Gasteiger partial charge < -0.3 is 14.2 Å². The number of hydrogen-bond acceptors (Lipinski definition) is 6. The number of methoxy groups -OCH3 is 1. The molecular formula is C18H18ClNO6. The molecule has 0 saturated carbocycles. The van der Waals surface area contributed by atoms with Crippen molar-refractivity contribution >= 4 is 23.3 Å². The summed E-state index contributed by atoms with van der Waals surface area (Å²) in [5.41, 5.74) is 0.625. The second kappa shape index (κ2) is 8.53. The van der Waals surface area contributed by atoms with Gasteiger partial charge in [-0.3, -0.25) is 10.1 Å². The summed E-state index contributed by atoms with van der Waals surface area (Å²) in [6, 6.07) is 8.82. The number of hydrogen-bond donors (Lipinski definition) is 0. The lowest BCUT2D eigenvalue weighted by molar-refractivity contribution is -0.385. The molecule has 8 heteroatoms. The average Bonchev–Trinajstić information content (AvgIpc) is 2.63. The van der Waals surface area contributed by atoms with Crippen LogP contribution in [0.1, 0.15) is 35.9 Å². The highest BCUT2D eigenvalue weighted by atomic mass is 35.5. The standard InChI is InChI=1S/C18H18ClNO6/c1-4-25-17-15(19)9-13(10-16(17)24-3)18(21)26-11(2)12-6-5-7-14(8-12)20(22)23/h5-11H,4H2,1-3H3/t11-/m0/s1. The SMILES string of the molecule is CCOc1c(Cl)cc(C(=O)O[C@@H](C)c2cccc([N+](=O)[O-])c2)cc1OC. The molecule has 2 aromatic rings. The molecule has 0 aliphatic rings. The third-order valence-corrected chi connectivity index (χ3v) is 3.87. The van der Waals surface area contributed by atoms with Gasteiger partial charge in [-0.2, -0.15) is 0 Å². The van der Waals surface area contributed by atoms with Gasteiger partial charge in [0, 0.05) is 12.1 Å². The van der Waals surface area contributed by atoms with E-state index in [2.05, 4.69) is 0 Å². The molecule has 0 amide bonds. The second-order valence-electron chi connectivity index (χ2n) is 5.32. The van der Waals surface area contributed by atoms with Crippen LogP contribution in [0.25, 0.3) is 0 Å². The van der Waals surface area contributed by atoms with Gasteiger partial charge in [0.2, 0.25) is 0 Å². The molecular weight excluding hydrogens is 362 g/mol. The van der Waals surface area contributed by atoms with Gasteiger partial charge in [-0.25, -0.2) is 4.79 Å². The highest BCUT2D eigenvalue weighted by Gasteiger charge is 2.20. The van der Waals surface area contributed by atoms with Gasteiger partial charge in [-0.05, 0) is 31.5 Å². The Bertz CT molecular complexity index is 823. The van der Waals surface area contributed by atoms with Crippen LogP contribution in [0.5, 0.6) is 11.5 Å². The Balaban J connectivity index is 2.23. The Kier molecular flexibility index (Phi) is 6.41. The molecule has 0 aliphatic carbocycles. The van der Waals surface area contributed by atoms with Crippen LogP contribution in [0.15, 0.2) is 36.4 Å². The van der Waals surface area contributed by atoms with Gasteiger partial charge in [-0.1, -0.05) is 23.7 Å². The minimum Gasteiger partial charge on any atom is -0.493 e. The number of non-ortho nitro benzene ring substituents is 1. The van der Waals surface area contributed by atoms with Crippen LogP contribution in [-0.2, 0) is 4.74 Å². The van der Waals surface area contributed by atoms with Crippen LogP contribution in [0.2, 0.25) is 5.02 Å². The summed E-state index contributed by atoms with van der Waals surface area (Å²) in [5, 5.41) is 11.1. The van der Waals surface area contributed by atoms with Crippen LogP contribution in [0.4, 0.5) is 5.69 Å². The summed E-state index contributed by atoms with van der Waals surface area (Å²) >= 11 is 6.16. The summed E-state index contributed by atoms with van der Waals surface area (Å²) in [7, 11) is 1.44. The zero-order valence-electron chi connectivity index (χ0n) is 14.5. The smallest absolute Gasteiger partial charge is 0.338 e. The molecule has 0 aromatic heterocycles. The van der Waals surface area contributed by atoms with Crippen molar-refractivity contribution < 1.29 is 23.9 Å². The monoisotopic (exact) mass is 379 g/mol. The topological polar surface area (TPSA) is 87.9 Å². The van der Waals surface area contributed by atoms with E-state index in [1.54, 1.807) is 19.9 Å². The summed E-state index contributed by atoms with van der Waals surface area (Å²) in [4.78, 5) is 22.8. The van der Waals surface area contributed by atoms with Crippen LogP contribution in [0, 0.1) is 10.1 Å². The van der Waals surface area contributed by atoms with Crippen molar-refractivity contribution in [3.05, 3.63) is 62.7 Å². The van der Waals surface area contributed by atoms with E-state index in [9.17, 15) is 14.9 Å². The van der Waals surface area contributed by atoms with Gasteiger partial charge in [0.1, 0.15) is 6.10 Å². The number of carbonyl (C=O) groups excluding carboxylic acids is 1. The Labute approximate surface area is 155 Å². The molecule has 0 heterocycles. The number of esters is 1.